The fourth-order valence-corrected chi connectivity index (χ4v) is 4.34. The molecular weight excluding hydrogens is 382 g/mol. The Labute approximate surface area is 174 Å². The second kappa shape index (κ2) is 7.62. The number of ether oxygens (including phenoxy) is 1. The molecule has 0 unspecified atom stereocenters. The Hall–Kier alpha value is -3.10. The molecule has 5 rings (SSSR count). The van der Waals surface area contributed by atoms with Gasteiger partial charge < -0.3 is 25.0 Å². The van der Waals surface area contributed by atoms with Crippen molar-refractivity contribution in [1.82, 2.24) is 20.4 Å². The van der Waals surface area contributed by atoms with Gasteiger partial charge in [0.2, 0.25) is 0 Å². The number of H-pyrrole nitrogens is 1. The van der Waals surface area contributed by atoms with Crippen molar-refractivity contribution >= 4 is 22.5 Å². The molecule has 3 N–H and O–H groups in total. The number of aromatic hydroxyl groups is 1. The third-order valence-corrected chi connectivity index (χ3v) is 5.95. The summed E-state index contributed by atoms with van der Waals surface area (Å²) >= 11 is 0. The van der Waals surface area contributed by atoms with Gasteiger partial charge in [-0.3, -0.25) is 9.89 Å². The minimum absolute atomic E-state index is 0.0439. The second-order valence-electron chi connectivity index (χ2n) is 7.87. The van der Waals surface area contributed by atoms with E-state index < -0.39 is 0 Å². The van der Waals surface area contributed by atoms with Crippen LogP contribution in [-0.2, 0) is 24.4 Å². The lowest BCUT2D eigenvalue weighted by molar-refractivity contribution is 0.0748. The number of carbonyl (C=O) groups excluding carboxylic acids is 1. The number of carbonyl (C=O) groups is 1. The summed E-state index contributed by atoms with van der Waals surface area (Å²) in [5, 5.41) is 21.7. The van der Waals surface area contributed by atoms with Gasteiger partial charge in [-0.2, -0.15) is 5.10 Å². The number of phenols is 1. The van der Waals surface area contributed by atoms with Crippen LogP contribution in [0.15, 0.2) is 30.3 Å². The molecule has 1 amide bonds. The van der Waals surface area contributed by atoms with Crippen molar-refractivity contribution in [3.8, 4) is 5.75 Å². The van der Waals surface area contributed by atoms with E-state index in [0.29, 0.717) is 30.9 Å². The maximum absolute atomic E-state index is 13.2. The number of phenolic OH excluding ortho intramolecular Hbond substituents is 1. The van der Waals surface area contributed by atoms with E-state index in [9.17, 15) is 9.90 Å². The number of nitrogens with one attached hydrogen (secondary N) is 2. The quantitative estimate of drug-likeness (QED) is 0.612. The van der Waals surface area contributed by atoms with Crippen molar-refractivity contribution in [2.75, 3.05) is 38.2 Å². The Morgan fingerprint density at radius 1 is 1.17 bits per heavy atom. The lowest BCUT2D eigenvalue weighted by Crippen LogP contribution is -2.43. The lowest BCUT2D eigenvalue weighted by Gasteiger charge is -2.29. The first-order chi connectivity index (χ1) is 14.6. The minimum Gasteiger partial charge on any atom is -0.507 e. The molecule has 1 saturated heterocycles. The Balaban J connectivity index is 1.40. The van der Waals surface area contributed by atoms with Gasteiger partial charge in [0.05, 0.1) is 23.4 Å². The Morgan fingerprint density at radius 3 is 2.77 bits per heavy atom. The van der Waals surface area contributed by atoms with Gasteiger partial charge in [0.1, 0.15) is 5.75 Å². The van der Waals surface area contributed by atoms with Gasteiger partial charge in [-0.25, -0.2) is 0 Å². The third kappa shape index (κ3) is 3.28. The maximum Gasteiger partial charge on any atom is 0.258 e. The van der Waals surface area contributed by atoms with Crippen molar-refractivity contribution in [3.63, 3.8) is 0 Å². The SMILES string of the molecule is COCc1n[nH]c2cc(O)c(C(=O)N3Cc4ccc(N5CCNCC5)cc4C3)cc12. The molecule has 0 aliphatic carbocycles. The lowest BCUT2D eigenvalue weighted by atomic mass is 10.1. The molecule has 0 saturated carbocycles. The molecule has 30 heavy (non-hydrogen) atoms. The number of piperazine rings is 1. The van der Waals surface area contributed by atoms with Gasteiger partial charge in [-0.05, 0) is 29.3 Å². The largest absolute Gasteiger partial charge is 0.507 e. The van der Waals surface area contributed by atoms with Gasteiger partial charge >= 0.3 is 0 Å². The van der Waals surface area contributed by atoms with Crippen LogP contribution in [0.1, 0.15) is 27.2 Å². The molecule has 0 radical (unpaired) electrons. The Kier molecular flexibility index (Phi) is 4.80. The molecule has 8 nitrogen and oxygen atoms in total. The van der Waals surface area contributed by atoms with Gasteiger partial charge in [0.25, 0.3) is 5.91 Å². The molecule has 0 bridgehead atoms. The zero-order valence-corrected chi connectivity index (χ0v) is 16.9. The van der Waals surface area contributed by atoms with Crippen molar-refractivity contribution in [2.24, 2.45) is 0 Å². The molecule has 2 aliphatic heterocycles. The van der Waals surface area contributed by atoms with E-state index in [4.69, 9.17) is 4.74 Å². The molecule has 156 valence electrons. The number of aromatic amines is 1. The first kappa shape index (κ1) is 18.9. The number of hydrogen-bond donors (Lipinski definition) is 3. The number of anilines is 1. The maximum atomic E-state index is 13.2. The van der Waals surface area contributed by atoms with E-state index in [2.05, 4.69) is 38.6 Å². The van der Waals surface area contributed by atoms with E-state index in [1.807, 2.05) is 0 Å². The Bertz CT molecular complexity index is 1100. The monoisotopic (exact) mass is 407 g/mol. The van der Waals surface area contributed by atoms with Crippen LogP contribution in [0.4, 0.5) is 5.69 Å². The summed E-state index contributed by atoms with van der Waals surface area (Å²) in [7, 11) is 1.60. The second-order valence-corrected chi connectivity index (χ2v) is 7.87. The highest BCUT2D eigenvalue weighted by Crippen LogP contribution is 2.32. The number of methoxy groups -OCH3 is 1. The molecule has 0 atom stereocenters. The topological polar surface area (TPSA) is 93.7 Å². The number of nitrogens with zero attached hydrogens (tertiary/aromatic N) is 3. The molecule has 0 spiro atoms. The normalized spacial score (nSPS) is 16.3. The predicted octanol–water partition coefficient (Wildman–Crippen LogP) is 1.98. The van der Waals surface area contributed by atoms with Crippen molar-refractivity contribution < 1.29 is 14.6 Å². The van der Waals surface area contributed by atoms with Crippen LogP contribution in [0.2, 0.25) is 0 Å². The molecule has 2 aromatic carbocycles. The summed E-state index contributed by atoms with van der Waals surface area (Å²) in [6, 6.07) is 9.73. The summed E-state index contributed by atoms with van der Waals surface area (Å²) in [5.74, 6) is -0.225. The summed E-state index contributed by atoms with van der Waals surface area (Å²) in [6.45, 7) is 5.38. The number of benzene rings is 2. The number of fused-ring (bicyclic) bond motifs is 2. The van der Waals surface area contributed by atoms with E-state index in [-0.39, 0.29) is 17.2 Å². The summed E-state index contributed by atoms with van der Waals surface area (Å²) in [6.07, 6.45) is 0. The first-order valence-corrected chi connectivity index (χ1v) is 10.2. The van der Waals surface area contributed by atoms with Crippen LogP contribution >= 0.6 is 0 Å². The molecule has 2 aliphatic rings. The van der Waals surface area contributed by atoms with Crippen LogP contribution in [0, 0.1) is 0 Å². The average molecular weight is 407 g/mol. The third-order valence-electron chi connectivity index (χ3n) is 5.95. The summed E-state index contributed by atoms with van der Waals surface area (Å²) < 4.78 is 5.18. The number of hydrogen-bond acceptors (Lipinski definition) is 6. The molecule has 3 heterocycles. The number of aromatic nitrogens is 2. The highest BCUT2D eigenvalue weighted by molar-refractivity contribution is 6.01. The predicted molar refractivity (Wildman–Crippen MR) is 114 cm³/mol. The van der Waals surface area contributed by atoms with E-state index in [1.54, 1.807) is 24.1 Å². The van der Waals surface area contributed by atoms with Crippen LogP contribution in [0.5, 0.6) is 5.75 Å². The summed E-state index contributed by atoms with van der Waals surface area (Å²) in [4.78, 5) is 17.4. The van der Waals surface area contributed by atoms with Gasteiger partial charge in [-0.15, -0.1) is 0 Å². The van der Waals surface area contributed by atoms with Crippen molar-refractivity contribution in [3.05, 3.63) is 52.7 Å². The highest BCUT2D eigenvalue weighted by Gasteiger charge is 2.27. The zero-order chi connectivity index (χ0) is 20.7. The first-order valence-electron chi connectivity index (χ1n) is 10.2. The van der Waals surface area contributed by atoms with Gasteiger partial charge in [-0.1, -0.05) is 6.07 Å². The fourth-order valence-electron chi connectivity index (χ4n) is 4.34. The van der Waals surface area contributed by atoms with Gasteiger partial charge in [0, 0.05) is 63.5 Å². The molecule has 8 heteroatoms. The average Bonchev–Trinajstić information content (AvgIpc) is 3.37. The smallest absolute Gasteiger partial charge is 0.258 e. The minimum atomic E-state index is -0.182. The number of rotatable bonds is 4. The molecular formula is C22H25N5O3. The van der Waals surface area contributed by atoms with E-state index >= 15 is 0 Å². The highest BCUT2D eigenvalue weighted by atomic mass is 16.5. The summed E-state index contributed by atoms with van der Waals surface area (Å²) in [5.41, 5.74) is 5.22. The van der Waals surface area contributed by atoms with Crippen LogP contribution in [0.25, 0.3) is 10.9 Å². The van der Waals surface area contributed by atoms with Gasteiger partial charge in [0.15, 0.2) is 0 Å². The van der Waals surface area contributed by atoms with Crippen molar-refractivity contribution in [2.45, 2.75) is 19.7 Å². The van der Waals surface area contributed by atoms with Crippen LogP contribution < -0.4 is 10.2 Å². The molecule has 3 aromatic rings. The standard InChI is InChI=1S/C22H25N5O3/c1-30-13-20-17-9-18(21(28)10-19(17)24-25-20)22(29)27-11-14-2-3-16(8-15(14)12-27)26-6-4-23-5-7-26/h2-3,8-10,23,28H,4-7,11-13H2,1H3,(H,24,25). The number of amides is 1. The zero-order valence-electron chi connectivity index (χ0n) is 16.9. The van der Waals surface area contributed by atoms with Crippen LogP contribution in [-0.4, -0.2) is 59.4 Å². The van der Waals surface area contributed by atoms with Crippen LogP contribution in [0.3, 0.4) is 0 Å². The van der Waals surface area contributed by atoms with E-state index in [0.717, 1.165) is 37.1 Å². The molecule has 1 aromatic heterocycles. The van der Waals surface area contributed by atoms with E-state index in [1.165, 1.54) is 11.3 Å². The fraction of sp³-hybridized carbons (Fsp3) is 0.364. The molecule has 1 fully saturated rings. The van der Waals surface area contributed by atoms with Crippen molar-refractivity contribution in [1.29, 1.82) is 0 Å². The Morgan fingerprint density at radius 2 is 1.97 bits per heavy atom.